The van der Waals surface area contributed by atoms with E-state index in [2.05, 4.69) is 0 Å². The van der Waals surface area contributed by atoms with Gasteiger partial charge in [0.15, 0.2) is 0 Å². The van der Waals surface area contributed by atoms with E-state index in [4.69, 9.17) is 23.2 Å². The molecule has 112 valence electrons. The first-order valence-electron chi connectivity index (χ1n) is 6.73. The minimum atomic E-state index is -0.776. The van der Waals surface area contributed by atoms with Crippen LogP contribution in [-0.2, 0) is 11.8 Å². The molecule has 2 nitrogen and oxygen atoms in total. The van der Waals surface area contributed by atoms with E-state index in [9.17, 15) is 10.2 Å². The van der Waals surface area contributed by atoms with E-state index in [0.717, 1.165) is 16.7 Å². The highest BCUT2D eigenvalue weighted by molar-refractivity contribution is 6.33. The lowest BCUT2D eigenvalue weighted by molar-refractivity contribution is 0.116. The van der Waals surface area contributed by atoms with Crippen LogP contribution in [0.15, 0.2) is 42.5 Å². The van der Waals surface area contributed by atoms with Crippen molar-refractivity contribution in [3.8, 4) is 0 Å². The van der Waals surface area contributed by atoms with Crippen molar-refractivity contribution in [2.24, 2.45) is 0 Å². The normalized spacial score (nSPS) is 11.7. The molecule has 0 spiro atoms. The lowest BCUT2D eigenvalue weighted by Crippen LogP contribution is -2.37. The van der Waals surface area contributed by atoms with Gasteiger partial charge in [0.25, 0.3) is 0 Å². The molecule has 2 N–H and O–H groups in total. The van der Waals surface area contributed by atoms with Crippen molar-refractivity contribution in [1.82, 2.24) is 0 Å². The zero-order chi connectivity index (χ0) is 15.5. The van der Waals surface area contributed by atoms with E-state index in [1.807, 2.05) is 31.2 Å². The number of halogens is 2. The smallest absolute Gasteiger partial charge is 0.0553 e. The largest absolute Gasteiger partial charge is 0.395 e. The van der Waals surface area contributed by atoms with Crippen LogP contribution in [0, 0.1) is 6.92 Å². The van der Waals surface area contributed by atoms with Gasteiger partial charge in [0.05, 0.1) is 13.2 Å². The Morgan fingerprint density at radius 2 is 1.57 bits per heavy atom. The second-order valence-electron chi connectivity index (χ2n) is 5.38. The Bertz CT molecular complexity index is 605. The summed E-state index contributed by atoms with van der Waals surface area (Å²) in [5.41, 5.74) is 2.05. The molecule has 2 rings (SSSR count). The van der Waals surface area contributed by atoms with E-state index < -0.39 is 5.41 Å². The molecule has 0 bridgehead atoms. The number of hydrogen-bond acceptors (Lipinski definition) is 2. The monoisotopic (exact) mass is 324 g/mol. The summed E-state index contributed by atoms with van der Waals surface area (Å²) in [5, 5.41) is 20.9. The van der Waals surface area contributed by atoms with Crippen molar-refractivity contribution in [3.05, 3.63) is 69.2 Å². The van der Waals surface area contributed by atoms with Gasteiger partial charge >= 0.3 is 0 Å². The summed E-state index contributed by atoms with van der Waals surface area (Å²) in [5.74, 6) is 0. The predicted octanol–water partition coefficient (Wildman–Crippen LogP) is 3.77. The molecule has 0 heterocycles. The molecule has 0 atom stereocenters. The van der Waals surface area contributed by atoms with E-state index in [1.165, 1.54) is 0 Å². The van der Waals surface area contributed by atoms with Crippen LogP contribution in [0.3, 0.4) is 0 Å². The number of aryl methyl sites for hydroxylation is 1. The fraction of sp³-hybridized carbons (Fsp3) is 0.294. The van der Waals surface area contributed by atoms with Gasteiger partial charge in [0, 0.05) is 15.5 Å². The number of benzene rings is 2. The summed E-state index contributed by atoms with van der Waals surface area (Å²) in [4.78, 5) is 0. The lowest BCUT2D eigenvalue weighted by Gasteiger charge is -2.31. The average Bonchev–Trinajstić information content (AvgIpc) is 2.49. The topological polar surface area (TPSA) is 40.5 Å². The van der Waals surface area contributed by atoms with E-state index >= 15 is 0 Å². The zero-order valence-corrected chi connectivity index (χ0v) is 13.3. The van der Waals surface area contributed by atoms with Gasteiger partial charge in [-0.15, -0.1) is 0 Å². The molecule has 0 aliphatic rings. The highest BCUT2D eigenvalue weighted by Crippen LogP contribution is 2.32. The predicted molar refractivity (Wildman–Crippen MR) is 87.2 cm³/mol. The molecule has 21 heavy (non-hydrogen) atoms. The van der Waals surface area contributed by atoms with Gasteiger partial charge in [-0.1, -0.05) is 53.0 Å². The Kier molecular flexibility index (Phi) is 5.28. The van der Waals surface area contributed by atoms with Gasteiger partial charge in [-0.3, -0.25) is 0 Å². The Morgan fingerprint density at radius 3 is 2.14 bits per heavy atom. The third-order valence-electron chi connectivity index (χ3n) is 3.81. The molecule has 0 saturated carbocycles. The third kappa shape index (κ3) is 3.58. The van der Waals surface area contributed by atoms with Crippen LogP contribution >= 0.6 is 23.2 Å². The molecular weight excluding hydrogens is 307 g/mol. The second kappa shape index (κ2) is 6.80. The van der Waals surface area contributed by atoms with Crippen molar-refractivity contribution in [2.75, 3.05) is 13.2 Å². The summed E-state index contributed by atoms with van der Waals surface area (Å²) < 4.78 is 0. The summed E-state index contributed by atoms with van der Waals surface area (Å²) in [7, 11) is 0. The molecule has 2 aromatic rings. The molecule has 0 aliphatic carbocycles. The Labute approximate surface area is 135 Å². The van der Waals surface area contributed by atoms with Crippen LogP contribution < -0.4 is 0 Å². The van der Waals surface area contributed by atoms with Crippen LogP contribution in [0.2, 0.25) is 10.0 Å². The maximum atomic E-state index is 9.88. The fourth-order valence-electron chi connectivity index (χ4n) is 2.40. The highest BCUT2D eigenvalue weighted by Gasteiger charge is 2.32. The van der Waals surface area contributed by atoms with E-state index in [-0.39, 0.29) is 13.2 Å². The first-order chi connectivity index (χ1) is 10.0. The van der Waals surface area contributed by atoms with Crippen molar-refractivity contribution in [3.63, 3.8) is 0 Å². The third-order valence-corrected chi connectivity index (χ3v) is 4.41. The minimum absolute atomic E-state index is 0.171. The van der Waals surface area contributed by atoms with Gasteiger partial charge in [-0.2, -0.15) is 0 Å². The number of aliphatic hydroxyl groups excluding tert-OH is 2. The van der Waals surface area contributed by atoms with Gasteiger partial charge in [0.1, 0.15) is 0 Å². The standard InChI is InChI=1S/C17H18Cl2O2/c1-12-2-4-14(5-3-12)17(10-20,11-21)9-13-8-15(18)6-7-16(13)19/h2-8,20-21H,9-11H2,1H3. The van der Waals surface area contributed by atoms with Gasteiger partial charge in [-0.25, -0.2) is 0 Å². The van der Waals surface area contributed by atoms with Crippen molar-refractivity contribution in [2.45, 2.75) is 18.8 Å². The molecule has 0 aromatic heterocycles. The van der Waals surface area contributed by atoms with E-state index in [0.29, 0.717) is 16.5 Å². The Morgan fingerprint density at radius 1 is 0.952 bits per heavy atom. The maximum Gasteiger partial charge on any atom is 0.0553 e. The van der Waals surface area contributed by atoms with Crippen LogP contribution in [0.4, 0.5) is 0 Å². The fourth-order valence-corrected chi connectivity index (χ4v) is 2.78. The van der Waals surface area contributed by atoms with Crippen LogP contribution in [0.1, 0.15) is 16.7 Å². The number of aliphatic hydroxyl groups is 2. The molecule has 0 unspecified atom stereocenters. The van der Waals surface area contributed by atoms with Crippen LogP contribution in [0.25, 0.3) is 0 Å². The quantitative estimate of drug-likeness (QED) is 0.879. The SMILES string of the molecule is Cc1ccc(C(CO)(CO)Cc2cc(Cl)ccc2Cl)cc1. The van der Waals surface area contributed by atoms with Crippen LogP contribution in [0.5, 0.6) is 0 Å². The molecule has 0 fully saturated rings. The molecular formula is C17H18Cl2O2. The first kappa shape index (κ1) is 16.3. The summed E-state index contributed by atoms with van der Waals surface area (Å²) in [6.45, 7) is 1.65. The van der Waals surface area contributed by atoms with Crippen molar-refractivity contribution in [1.29, 1.82) is 0 Å². The Hall–Kier alpha value is -1.06. The van der Waals surface area contributed by atoms with Crippen molar-refractivity contribution < 1.29 is 10.2 Å². The Balaban J connectivity index is 2.42. The molecule has 0 radical (unpaired) electrons. The molecule has 4 heteroatoms. The summed E-state index contributed by atoms with van der Waals surface area (Å²) in [6.07, 6.45) is 0.419. The summed E-state index contributed by atoms with van der Waals surface area (Å²) >= 11 is 12.2. The summed E-state index contributed by atoms with van der Waals surface area (Å²) in [6, 6.07) is 13.0. The second-order valence-corrected chi connectivity index (χ2v) is 6.22. The van der Waals surface area contributed by atoms with Gasteiger partial charge in [-0.05, 0) is 42.7 Å². The first-order valence-corrected chi connectivity index (χ1v) is 7.49. The molecule has 0 amide bonds. The highest BCUT2D eigenvalue weighted by atomic mass is 35.5. The molecule has 0 aliphatic heterocycles. The van der Waals surface area contributed by atoms with Gasteiger partial charge in [0.2, 0.25) is 0 Å². The molecule has 2 aromatic carbocycles. The minimum Gasteiger partial charge on any atom is -0.395 e. The van der Waals surface area contributed by atoms with E-state index in [1.54, 1.807) is 18.2 Å². The van der Waals surface area contributed by atoms with Crippen molar-refractivity contribution >= 4 is 23.2 Å². The van der Waals surface area contributed by atoms with Crippen LogP contribution in [-0.4, -0.2) is 23.4 Å². The zero-order valence-electron chi connectivity index (χ0n) is 11.8. The number of hydrogen-bond donors (Lipinski definition) is 2. The average molecular weight is 325 g/mol. The lowest BCUT2D eigenvalue weighted by atomic mass is 9.76. The number of rotatable bonds is 5. The maximum absolute atomic E-state index is 9.88. The van der Waals surface area contributed by atoms with Gasteiger partial charge < -0.3 is 10.2 Å². The molecule has 0 saturated heterocycles.